The third kappa shape index (κ3) is 4.11. The SMILES string of the molecule is Cc1nc2nc(N)nn2c(C)c1CC(=O)NCc1cn(-c2ccccc2)nc1-c1ccccc1. The number of rotatable bonds is 6. The predicted octanol–water partition coefficient (Wildman–Crippen LogP) is 3.03. The van der Waals surface area contributed by atoms with Crippen molar-refractivity contribution >= 4 is 17.6 Å². The molecule has 2 aromatic carbocycles. The van der Waals surface area contributed by atoms with Gasteiger partial charge in [-0.2, -0.15) is 14.6 Å². The second-order valence-electron chi connectivity index (χ2n) is 8.05. The largest absolute Gasteiger partial charge is 0.366 e. The van der Waals surface area contributed by atoms with Crippen LogP contribution in [0, 0.1) is 13.8 Å². The van der Waals surface area contributed by atoms with Gasteiger partial charge in [0.05, 0.1) is 17.8 Å². The van der Waals surface area contributed by atoms with E-state index in [9.17, 15) is 4.79 Å². The first-order valence-corrected chi connectivity index (χ1v) is 10.9. The van der Waals surface area contributed by atoms with Gasteiger partial charge in [-0.15, -0.1) is 5.10 Å². The van der Waals surface area contributed by atoms with Crippen LogP contribution in [0.1, 0.15) is 22.5 Å². The second kappa shape index (κ2) is 8.78. The molecule has 9 heteroatoms. The first-order chi connectivity index (χ1) is 16.5. The average Bonchev–Trinajstić information content (AvgIpc) is 3.45. The number of amides is 1. The maximum Gasteiger partial charge on any atom is 0.254 e. The number of benzene rings is 2. The number of anilines is 1. The third-order valence-electron chi connectivity index (χ3n) is 5.74. The van der Waals surface area contributed by atoms with Crippen molar-refractivity contribution in [1.29, 1.82) is 0 Å². The molecule has 3 aromatic heterocycles. The maximum absolute atomic E-state index is 12.9. The number of carbonyl (C=O) groups excluding carboxylic acids is 1. The van der Waals surface area contributed by atoms with E-state index in [2.05, 4.69) is 20.4 Å². The van der Waals surface area contributed by atoms with Gasteiger partial charge in [-0.25, -0.2) is 9.67 Å². The van der Waals surface area contributed by atoms with Crippen molar-refractivity contribution in [3.8, 4) is 16.9 Å². The van der Waals surface area contributed by atoms with Crippen LogP contribution in [0.3, 0.4) is 0 Å². The molecular formula is C25H24N8O. The van der Waals surface area contributed by atoms with Crippen LogP contribution < -0.4 is 11.1 Å². The highest BCUT2D eigenvalue weighted by molar-refractivity contribution is 5.79. The lowest BCUT2D eigenvalue weighted by molar-refractivity contribution is -0.120. The van der Waals surface area contributed by atoms with E-state index in [0.717, 1.165) is 39.5 Å². The van der Waals surface area contributed by atoms with Crippen LogP contribution in [0.4, 0.5) is 5.95 Å². The summed E-state index contributed by atoms with van der Waals surface area (Å²) in [5.74, 6) is 0.463. The van der Waals surface area contributed by atoms with E-state index < -0.39 is 0 Å². The van der Waals surface area contributed by atoms with Crippen LogP contribution in [0.15, 0.2) is 66.9 Å². The van der Waals surface area contributed by atoms with Crippen LogP contribution in [-0.4, -0.2) is 35.3 Å². The molecule has 34 heavy (non-hydrogen) atoms. The number of aromatic nitrogens is 6. The summed E-state index contributed by atoms with van der Waals surface area (Å²) in [7, 11) is 0. The number of nitrogens with two attached hydrogens (primary N) is 1. The molecule has 0 fully saturated rings. The summed E-state index contributed by atoms with van der Waals surface area (Å²) in [6, 6.07) is 19.9. The van der Waals surface area contributed by atoms with E-state index in [-0.39, 0.29) is 18.3 Å². The Labute approximate surface area is 196 Å². The molecule has 0 spiro atoms. The van der Waals surface area contributed by atoms with Crippen LogP contribution in [0.25, 0.3) is 22.7 Å². The number of nitrogens with zero attached hydrogens (tertiary/aromatic N) is 6. The fraction of sp³-hybridized carbons (Fsp3) is 0.160. The Hall–Kier alpha value is -4.53. The normalized spacial score (nSPS) is 11.1. The van der Waals surface area contributed by atoms with E-state index in [4.69, 9.17) is 10.8 Å². The molecule has 5 rings (SSSR count). The molecule has 0 saturated carbocycles. The summed E-state index contributed by atoms with van der Waals surface area (Å²) < 4.78 is 3.41. The lowest BCUT2D eigenvalue weighted by atomic mass is 10.1. The molecule has 1 amide bonds. The van der Waals surface area contributed by atoms with Gasteiger partial charge in [0.2, 0.25) is 11.9 Å². The number of carbonyl (C=O) groups is 1. The van der Waals surface area contributed by atoms with E-state index in [1.807, 2.05) is 85.4 Å². The van der Waals surface area contributed by atoms with Gasteiger partial charge in [-0.1, -0.05) is 48.5 Å². The number of fused-ring (bicyclic) bond motifs is 1. The Morgan fingerprint density at radius 3 is 2.41 bits per heavy atom. The number of nitrogens with one attached hydrogen (secondary N) is 1. The topological polar surface area (TPSA) is 116 Å². The van der Waals surface area contributed by atoms with Crippen molar-refractivity contribution in [3.05, 3.63) is 89.4 Å². The maximum atomic E-state index is 12.9. The first kappa shape index (κ1) is 21.3. The Morgan fingerprint density at radius 2 is 1.68 bits per heavy atom. The number of hydrogen-bond acceptors (Lipinski definition) is 6. The minimum Gasteiger partial charge on any atom is -0.366 e. The fourth-order valence-electron chi connectivity index (χ4n) is 3.99. The molecule has 3 N–H and O–H groups in total. The summed E-state index contributed by atoms with van der Waals surface area (Å²) in [4.78, 5) is 21.5. The van der Waals surface area contributed by atoms with Gasteiger partial charge < -0.3 is 11.1 Å². The van der Waals surface area contributed by atoms with Crippen LogP contribution in [0.5, 0.6) is 0 Å². The molecule has 170 valence electrons. The van der Waals surface area contributed by atoms with Gasteiger partial charge in [0.1, 0.15) is 0 Å². The minimum atomic E-state index is -0.119. The minimum absolute atomic E-state index is 0.119. The second-order valence-corrected chi connectivity index (χ2v) is 8.05. The molecule has 3 heterocycles. The lowest BCUT2D eigenvalue weighted by Gasteiger charge is -2.11. The summed E-state index contributed by atoms with van der Waals surface area (Å²) in [6.45, 7) is 4.09. The molecule has 0 aliphatic carbocycles. The number of nitrogen functional groups attached to an aromatic ring is 1. The molecule has 9 nitrogen and oxygen atoms in total. The van der Waals surface area contributed by atoms with Crippen molar-refractivity contribution < 1.29 is 4.79 Å². The Morgan fingerprint density at radius 1 is 0.971 bits per heavy atom. The molecule has 0 bridgehead atoms. The summed E-state index contributed by atoms with van der Waals surface area (Å²) in [6.07, 6.45) is 2.13. The van der Waals surface area contributed by atoms with E-state index in [1.54, 1.807) is 4.52 Å². The summed E-state index contributed by atoms with van der Waals surface area (Å²) in [5, 5.41) is 12.0. The van der Waals surface area contributed by atoms with E-state index >= 15 is 0 Å². The molecule has 0 atom stereocenters. The molecular weight excluding hydrogens is 428 g/mol. The van der Waals surface area contributed by atoms with Crippen molar-refractivity contribution in [2.45, 2.75) is 26.8 Å². The Kier molecular flexibility index (Phi) is 5.51. The van der Waals surface area contributed by atoms with Gasteiger partial charge in [0.25, 0.3) is 5.78 Å². The molecule has 0 aliphatic heterocycles. The zero-order chi connectivity index (χ0) is 23.7. The molecule has 0 unspecified atom stereocenters. The average molecular weight is 453 g/mol. The molecule has 0 radical (unpaired) electrons. The Balaban J connectivity index is 1.39. The highest BCUT2D eigenvalue weighted by Gasteiger charge is 2.17. The van der Waals surface area contributed by atoms with E-state index in [1.165, 1.54) is 0 Å². The smallest absolute Gasteiger partial charge is 0.254 e. The Bertz CT molecular complexity index is 1470. The molecule has 0 aliphatic rings. The quantitative estimate of drug-likeness (QED) is 0.409. The lowest BCUT2D eigenvalue weighted by Crippen LogP contribution is -2.26. The van der Waals surface area contributed by atoms with Gasteiger partial charge >= 0.3 is 0 Å². The fourth-order valence-corrected chi connectivity index (χ4v) is 3.99. The van der Waals surface area contributed by atoms with Crippen molar-refractivity contribution in [1.82, 2.24) is 34.7 Å². The number of para-hydroxylation sites is 1. The number of hydrogen-bond donors (Lipinski definition) is 2. The van der Waals surface area contributed by atoms with Gasteiger partial charge in [0, 0.05) is 40.8 Å². The third-order valence-corrected chi connectivity index (χ3v) is 5.74. The van der Waals surface area contributed by atoms with Crippen molar-refractivity contribution in [2.75, 3.05) is 5.73 Å². The zero-order valence-electron chi connectivity index (χ0n) is 18.9. The van der Waals surface area contributed by atoms with Crippen LogP contribution in [0.2, 0.25) is 0 Å². The van der Waals surface area contributed by atoms with Crippen LogP contribution >= 0.6 is 0 Å². The van der Waals surface area contributed by atoms with E-state index in [0.29, 0.717) is 12.3 Å². The molecule has 0 saturated heterocycles. The highest BCUT2D eigenvalue weighted by Crippen LogP contribution is 2.24. The summed E-state index contributed by atoms with van der Waals surface area (Å²) in [5.41, 5.74) is 11.7. The monoisotopic (exact) mass is 452 g/mol. The highest BCUT2D eigenvalue weighted by atomic mass is 16.1. The number of aryl methyl sites for hydroxylation is 2. The zero-order valence-corrected chi connectivity index (χ0v) is 18.9. The first-order valence-electron chi connectivity index (χ1n) is 10.9. The summed E-state index contributed by atoms with van der Waals surface area (Å²) >= 11 is 0. The predicted molar refractivity (Wildman–Crippen MR) is 129 cm³/mol. The van der Waals surface area contributed by atoms with Gasteiger partial charge in [0.15, 0.2) is 0 Å². The van der Waals surface area contributed by atoms with Crippen molar-refractivity contribution in [3.63, 3.8) is 0 Å². The standard InChI is InChI=1S/C25H24N8O/c1-16-21(17(2)33-25(28-16)29-24(26)31-33)13-22(34)27-14-19-15-32(20-11-7-4-8-12-20)30-23(19)18-9-5-3-6-10-18/h3-12,15H,13-14H2,1-2H3,(H2,26,31)(H,27,34). The van der Waals surface area contributed by atoms with Crippen molar-refractivity contribution in [2.24, 2.45) is 0 Å². The molecule has 5 aromatic rings. The van der Waals surface area contributed by atoms with Crippen LogP contribution in [-0.2, 0) is 17.8 Å². The van der Waals surface area contributed by atoms with Gasteiger partial charge in [-0.3, -0.25) is 4.79 Å². The van der Waals surface area contributed by atoms with Gasteiger partial charge in [-0.05, 0) is 26.0 Å².